The maximum Gasteiger partial charge on any atom is 0.417 e. The standard InChI is InChI=1S/C19H17F3N4O2/c20-19(21,22)12-3-4-15(24-8-12)14-9-25-17(13-2-1-6-23-16(13)14)26-10-18(27)5-7-28-11-18/h1-4,6,8-9,27H,5,7,10-11H2,(H,25,26)/t18-/m1/s1. The normalized spacial score (nSPS) is 19.9. The maximum absolute atomic E-state index is 12.8. The van der Waals surface area contributed by atoms with Crippen molar-refractivity contribution in [1.82, 2.24) is 15.0 Å². The monoisotopic (exact) mass is 390 g/mol. The van der Waals surface area contributed by atoms with Gasteiger partial charge in [-0.25, -0.2) is 4.98 Å². The number of rotatable bonds is 4. The number of nitrogens with one attached hydrogen (secondary N) is 1. The van der Waals surface area contributed by atoms with E-state index >= 15 is 0 Å². The molecule has 0 saturated carbocycles. The summed E-state index contributed by atoms with van der Waals surface area (Å²) in [7, 11) is 0. The Balaban J connectivity index is 1.67. The van der Waals surface area contributed by atoms with Crippen LogP contribution in [0.15, 0.2) is 42.9 Å². The smallest absolute Gasteiger partial charge is 0.386 e. The Morgan fingerprint density at radius 3 is 2.68 bits per heavy atom. The summed E-state index contributed by atoms with van der Waals surface area (Å²) in [5.74, 6) is 0.527. The molecule has 4 heterocycles. The second-order valence-corrected chi connectivity index (χ2v) is 6.73. The van der Waals surface area contributed by atoms with Gasteiger partial charge in [-0.1, -0.05) is 0 Å². The highest BCUT2D eigenvalue weighted by atomic mass is 19.4. The second-order valence-electron chi connectivity index (χ2n) is 6.73. The van der Waals surface area contributed by atoms with Gasteiger partial charge in [-0.05, 0) is 24.3 Å². The SMILES string of the molecule is O[C@@]1(CNc2ncc(-c3ccc(C(F)(F)F)cn3)c3ncccc23)CCOC1. The molecule has 1 aliphatic rings. The number of nitrogens with zero attached hydrogens (tertiary/aromatic N) is 3. The predicted octanol–water partition coefficient (Wildman–Crippen LogP) is 3.27. The Morgan fingerprint density at radius 2 is 2.00 bits per heavy atom. The third-order valence-corrected chi connectivity index (χ3v) is 4.67. The van der Waals surface area contributed by atoms with E-state index in [9.17, 15) is 18.3 Å². The largest absolute Gasteiger partial charge is 0.417 e. The van der Waals surface area contributed by atoms with Gasteiger partial charge in [-0.3, -0.25) is 9.97 Å². The highest BCUT2D eigenvalue weighted by Gasteiger charge is 2.32. The van der Waals surface area contributed by atoms with E-state index in [0.717, 1.165) is 12.3 Å². The summed E-state index contributed by atoms with van der Waals surface area (Å²) >= 11 is 0. The van der Waals surface area contributed by atoms with Gasteiger partial charge in [0.05, 0.1) is 23.4 Å². The number of ether oxygens (including phenoxy) is 1. The zero-order valence-corrected chi connectivity index (χ0v) is 14.7. The minimum absolute atomic E-state index is 0.254. The first kappa shape index (κ1) is 18.6. The first-order valence-electron chi connectivity index (χ1n) is 8.67. The Labute approximate surface area is 158 Å². The minimum atomic E-state index is -4.44. The van der Waals surface area contributed by atoms with Crippen LogP contribution in [0.2, 0.25) is 0 Å². The van der Waals surface area contributed by atoms with E-state index in [1.165, 1.54) is 12.3 Å². The Hall–Kier alpha value is -2.78. The maximum atomic E-state index is 12.8. The van der Waals surface area contributed by atoms with Gasteiger partial charge in [0.1, 0.15) is 11.4 Å². The average Bonchev–Trinajstić information content (AvgIpc) is 3.12. The van der Waals surface area contributed by atoms with Crippen molar-refractivity contribution >= 4 is 16.7 Å². The molecule has 0 amide bonds. The lowest BCUT2D eigenvalue weighted by atomic mass is 10.0. The molecule has 2 N–H and O–H groups in total. The van der Waals surface area contributed by atoms with Crippen LogP contribution in [0.1, 0.15) is 12.0 Å². The lowest BCUT2D eigenvalue weighted by Gasteiger charge is -2.21. The molecule has 4 rings (SSSR count). The van der Waals surface area contributed by atoms with Crippen LogP contribution in [0, 0.1) is 0 Å². The molecule has 0 spiro atoms. The van der Waals surface area contributed by atoms with Gasteiger partial charge in [0.25, 0.3) is 0 Å². The predicted molar refractivity (Wildman–Crippen MR) is 96.6 cm³/mol. The van der Waals surface area contributed by atoms with Crippen LogP contribution in [0.3, 0.4) is 0 Å². The summed E-state index contributed by atoms with van der Waals surface area (Å²) in [6.07, 6.45) is -0.00179. The number of aromatic nitrogens is 3. The van der Waals surface area contributed by atoms with Crippen LogP contribution in [-0.2, 0) is 10.9 Å². The van der Waals surface area contributed by atoms with E-state index in [2.05, 4.69) is 20.3 Å². The molecule has 1 fully saturated rings. The van der Waals surface area contributed by atoms with Crippen LogP contribution in [-0.4, -0.2) is 45.4 Å². The van der Waals surface area contributed by atoms with Crippen LogP contribution in [0.4, 0.5) is 19.0 Å². The second kappa shape index (κ2) is 6.99. The third kappa shape index (κ3) is 3.63. The molecule has 0 aromatic carbocycles. The van der Waals surface area contributed by atoms with Crippen molar-refractivity contribution in [2.24, 2.45) is 0 Å². The topological polar surface area (TPSA) is 80.2 Å². The molecular formula is C19H17F3N4O2. The van der Waals surface area contributed by atoms with Gasteiger partial charge in [-0.2, -0.15) is 13.2 Å². The zero-order chi connectivity index (χ0) is 19.8. The molecule has 3 aromatic heterocycles. The summed E-state index contributed by atoms with van der Waals surface area (Å²) in [5.41, 5.74) is -0.339. The first-order chi connectivity index (χ1) is 13.4. The number of halogens is 3. The fraction of sp³-hybridized carbons (Fsp3) is 0.316. The van der Waals surface area contributed by atoms with Crippen LogP contribution < -0.4 is 5.32 Å². The van der Waals surface area contributed by atoms with E-state index in [1.807, 2.05) is 0 Å². The van der Waals surface area contributed by atoms with Gasteiger partial charge in [0.2, 0.25) is 0 Å². The number of hydrogen-bond donors (Lipinski definition) is 2. The van der Waals surface area contributed by atoms with Crippen LogP contribution >= 0.6 is 0 Å². The van der Waals surface area contributed by atoms with Crippen LogP contribution in [0.5, 0.6) is 0 Å². The fourth-order valence-corrected chi connectivity index (χ4v) is 3.10. The summed E-state index contributed by atoms with van der Waals surface area (Å²) in [4.78, 5) is 12.7. The molecule has 9 heteroatoms. The quantitative estimate of drug-likeness (QED) is 0.712. The van der Waals surface area contributed by atoms with Crippen LogP contribution in [0.25, 0.3) is 22.2 Å². The molecule has 0 aliphatic carbocycles. The van der Waals surface area contributed by atoms with Crippen molar-refractivity contribution in [1.29, 1.82) is 0 Å². The van der Waals surface area contributed by atoms with Crippen molar-refractivity contribution in [3.8, 4) is 11.3 Å². The van der Waals surface area contributed by atoms with E-state index in [1.54, 1.807) is 18.3 Å². The number of aliphatic hydroxyl groups is 1. The fourth-order valence-electron chi connectivity index (χ4n) is 3.10. The summed E-state index contributed by atoms with van der Waals surface area (Å²) in [5, 5.41) is 14.2. The Bertz CT molecular complexity index is 987. The zero-order valence-electron chi connectivity index (χ0n) is 14.7. The highest BCUT2D eigenvalue weighted by molar-refractivity contribution is 5.98. The van der Waals surface area contributed by atoms with Gasteiger partial charge >= 0.3 is 6.18 Å². The number of hydrogen-bond acceptors (Lipinski definition) is 6. The van der Waals surface area contributed by atoms with Crippen molar-refractivity contribution in [3.05, 3.63) is 48.4 Å². The van der Waals surface area contributed by atoms with Gasteiger partial charge in [0, 0.05) is 49.1 Å². The summed E-state index contributed by atoms with van der Waals surface area (Å²) in [6, 6.07) is 5.84. The summed E-state index contributed by atoms with van der Waals surface area (Å²) in [6.45, 7) is 1.03. The van der Waals surface area contributed by atoms with Gasteiger partial charge in [0.15, 0.2) is 0 Å². The molecule has 6 nitrogen and oxygen atoms in total. The first-order valence-corrected chi connectivity index (χ1v) is 8.67. The molecule has 1 saturated heterocycles. The third-order valence-electron chi connectivity index (χ3n) is 4.67. The van der Waals surface area contributed by atoms with Crippen molar-refractivity contribution in [3.63, 3.8) is 0 Å². The number of fused-ring (bicyclic) bond motifs is 1. The molecule has 0 unspecified atom stereocenters. The average molecular weight is 390 g/mol. The van der Waals surface area contributed by atoms with E-state index < -0.39 is 17.3 Å². The molecule has 3 aromatic rings. The number of anilines is 1. The van der Waals surface area contributed by atoms with E-state index in [0.29, 0.717) is 41.0 Å². The molecule has 28 heavy (non-hydrogen) atoms. The molecule has 1 aliphatic heterocycles. The molecule has 0 bridgehead atoms. The number of pyridine rings is 3. The van der Waals surface area contributed by atoms with Gasteiger partial charge in [-0.15, -0.1) is 0 Å². The van der Waals surface area contributed by atoms with Gasteiger partial charge < -0.3 is 15.2 Å². The Kier molecular flexibility index (Phi) is 4.64. The lowest BCUT2D eigenvalue weighted by molar-refractivity contribution is -0.137. The lowest BCUT2D eigenvalue weighted by Crippen LogP contribution is -2.37. The van der Waals surface area contributed by atoms with Crippen molar-refractivity contribution in [2.45, 2.75) is 18.2 Å². The number of alkyl halides is 3. The molecule has 1 atom stereocenters. The summed E-state index contributed by atoms with van der Waals surface area (Å²) < 4.78 is 43.5. The van der Waals surface area contributed by atoms with Crippen molar-refractivity contribution in [2.75, 3.05) is 25.1 Å². The molecule has 146 valence electrons. The van der Waals surface area contributed by atoms with Crippen molar-refractivity contribution < 1.29 is 23.0 Å². The van der Waals surface area contributed by atoms with E-state index in [-0.39, 0.29) is 13.2 Å². The minimum Gasteiger partial charge on any atom is -0.386 e. The molecular weight excluding hydrogens is 373 g/mol. The molecule has 0 radical (unpaired) electrons. The Morgan fingerprint density at radius 1 is 1.14 bits per heavy atom. The van der Waals surface area contributed by atoms with E-state index in [4.69, 9.17) is 4.74 Å². The highest BCUT2D eigenvalue weighted by Crippen LogP contribution is 2.32.